The van der Waals surface area contributed by atoms with Gasteiger partial charge in [0.1, 0.15) is 5.82 Å². The first-order valence-corrected chi connectivity index (χ1v) is 8.41. The first-order valence-electron chi connectivity index (χ1n) is 8.41. The number of carbonyl (C=O) groups excluding carboxylic acids is 1. The van der Waals surface area contributed by atoms with E-state index in [9.17, 15) is 4.79 Å². The standard InChI is InChI=1S/C19H19N5O2/c1-11-6-4-5-7-13(11)14-10-16(25)20-19-18(14)12(2)23-24(19)15-8-9-17(26-3)22-21-15/h4-9,14H,10H2,1-3H3,(H,20,25). The van der Waals surface area contributed by atoms with Gasteiger partial charge in [-0.1, -0.05) is 24.3 Å². The van der Waals surface area contributed by atoms with Crippen LogP contribution in [0.5, 0.6) is 5.88 Å². The minimum Gasteiger partial charge on any atom is -0.480 e. The maximum atomic E-state index is 12.4. The van der Waals surface area contributed by atoms with Crippen LogP contribution in [-0.2, 0) is 4.79 Å². The predicted molar refractivity (Wildman–Crippen MR) is 96.7 cm³/mol. The molecule has 0 aliphatic carbocycles. The zero-order valence-electron chi connectivity index (χ0n) is 14.9. The number of aryl methyl sites for hydroxylation is 2. The Hall–Kier alpha value is -3.22. The van der Waals surface area contributed by atoms with Crippen molar-refractivity contribution in [2.75, 3.05) is 12.4 Å². The zero-order valence-corrected chi connectivity index (χ0v) is 14.9. The molecule has 0 saturated heterocycles. The molecule has 26 heavy (non-hydrogen) atoms. The molecule has 0 fully saturated rings. The lowest BCUT2D eigenvalue weighted by Crippen LogP contribution is -2.25. The van der Waals surface area contributed by atoms with Gasteiger partial charge in [0.2, 0.25) is 11.8 Å². The molecule has 1 aliphatic heterocycles. The van der Waals surface area contributed by atoms with Crippen molar-refractivity contribution in [1.29, 1.82) is 0 Å². The third-order valence-corrected chi connectivity index (χ3v) is 4.72. The lowest BCUT2D eigenvalue weighted by atomic mass is 9.84. The number of carbonyl (C=O) groups is 1. The molecule has 1 amide bonds. The number of hydrogen-bond donors (Lipinski definition) is 1. The average molecular weight is 349 g/mol. The summed E-state index contributed by atoms with van der Waals surface area (Å²) in [5.41, 5.74) is 4.20. The molecule has 0 bridgehead atoms. The van der Waals surface area contributed by atoms with Crippen molar-refractivity contribution >= 4 is 11.7 Å². The molecule has 0 saturated carbocycles. The number of hydrogen-bond acceptors (Lipinski definition) is 5. The number of fused-ring (bicyclic) bond motifs is 1. The van der Waals surface area contributed by atoms with E-state index in [0.29, 0.717) is 23.9 Å². The fourth-order valence-electron chi connectivity index (χ4n) is 3.49. The Kier molecular flexibility index (Phi) is 3.91. The van der Waals surface area contributed by atoms with Gasteiger partial charge in [-0.3, -0.25) is 4.79 Å². The Bertz CT molecular complexity index is 978. The highest BCUT2D eigenvalue weighted by Crippen LogP contribution is 2.40. The number of benzene rings is 1. The summed E-state index contributed by atoms with van der Waals surface area (Å²) in [5.74, 6) is 1.55. The molecule has 1 aromatic carbocycles. The van der Waals surface area contributed by atoms with Crippen LogP contribution in [-0.4, -0.2) is 33.0 Å². The maximum Gasteiger partial charge on any atom is 0.233 e. The van der Waals surface area contributed by atoms with Crippen LogP contribution >= 0.6 is 0 Å². The SMILES string of the molecule is COc1ccc(-n2nc(C)c3c2NC(=O)CC3c2ccccc2C)nn1. The highest BCUT2D eigenvalue weighted by molar-refractivity contribution is 5.95. The summed E-state index contributed by atoms with van der Waals surface area (Å²) < 4.78 is 6.69. The van der Waals surface area contributed by atoms with Crippen molar-refractivity contribution in [3.8, 4) is 11.7 Å². The minimum atomic E-state index is -0.0339. The average Bonchev–Trinajstić information content (AvgIpc) is 2.98. The number of ether oxygens (including phenoxy) is 1. The van der Waals surface area contributed by atoms with Gasteiger partial charge in [-0.25, -0.2) is 0 Å². The second-order valence-electron chi connectivity index (χ2n) is 6.35. The number of aromatic nitrogens is 4. The van der Waals surface area contributed by atoms with Crippen LogP contribution in [0.15, 0.2) is 36.4 Å². The molecule has 3 heterocycles. The van der Waals surface area contributed by atoms with Gasteiger partial charge in [0.15, 0.2) is 5.82 Å². The van der Waals surface area contributed by atoms with Crippen LogP contribution in [0, 0.1) is 13.8 Å². The fraction of sp³-hybridized carbons (Fsp3) is 0.263. The van der Waals surface area contributed by atoms with Crippen molar-refractivity contribution in [3.05, 3.63) is 58.8 Å². The molecule has 132 valence electrons. The Morgan fingerprint density at radius 2 is 1.96 bits per heavy atom. The van der Waals surface area contributed by atoms with E-state index in [2.05, 4.69) is 39.7 Å². The lowest BCUT2D eigenvalue weighted by molar-refractivity contribution is -0.116. The van der Waals surface area contributed by atoms with Crippen LogP contribution in [0.1, 0.15) is 34.7 Å². The quantitative estimate of drug-likeness (QED) is 0.786. The van der Waals surface area contributed by atoms with E-state index in [1.54, 1.807) is 16.8 Å². The molecule has 1 atom stereocenters. The monoisotopic (exact) mass is 349 g/mol. The van der Waals surface area contributed by atoms with Crippen LogP contribution < -0.4 is 10.1 Å². The Balaban J connectivity index is 1.86. The van der Waals surface area contributed by atoms with Gasteiger partial charge < -0.3 is 10.1 Å². The summed E-state index contributed by atoms with van der Waals surface area (Å²) in [6.07, 6.45) is 0.401. The lowest BCUT2D eigenvalue weighted by Gasteiger charge is -2.25. The zero-order chi connectivity index (χ0) is 18.3. The molecule has 1 aliphatic rings. The normalized spacial score (nSPS) is 16.1. The summed E-state index contributed by atoms with van der Waals surface area (Å²) in [6, 6.07) is 11.6. The minimum absolute atomic E-state index is 0.0279. The van der Waals surface area contributed by atoms with E-state index >= 15 is 0 Å². The van der Waals surface area contributed by atoms with Gasteiger partial charge in [-0.05, 0) is 31.0 Å². The van der Waals surface area contributed by atoms with E-state index in [1.165, 1.54) is 7.11 Å². The summed E-state index contributed by atoms with van der Waals surface area (Å²) >= 11 is 0. The van der Waals surface area contributed by atoms with Gasteiger partial charge in [0, 0.05) is 24.0 Å². The van der Waals surface area contributed by atoms with Crippen molar-refractivity contribution in [1.82, 2.24) is 20.0 Å². The van der Waals surface area contributed by atoms with Crippen molar-refractivity contribution in [3.63, 3.8) is 0 Å². The van der Waals surface area contributed by atoms with Crippen LogP contribution in [0.25, 0.3) is 5.82 Å². The number of nitrogens with one attached hydrogen (secondary N) is 1. The first-order chi connectivity index (χ1) is 12.6. The molecule has 0 spiro atoms. The van der Waals surface area contributed by atoms with Gasteiger partial charge in [0.05, 0.1) is 12.8 Å². The molecular formula is C19H19N5O2. The molecule has 1 unspecified atom stereocenters. The molecule has 2 aromatic heterocycles. The second kappa shape index (κ2) is 6.25. The summed E-state index contributed by atoms with van der Waals surface area (Å²) in [5, 5.41) is 15.7. The highest BCUT2D eigenvalue weighted by Gasteiger charge is 2.33. The molecule has 7 heteroatoms. The molecule has 1 N–H and O–H groups in total. The summed E-state index contributed by atoms with van der Waals surface area (Å²) in [7, 11) is 1.54. The Morgan fingerprint density at radius 3 is 2.65 bits per heavy atom. The first kappa shape index (κ1) is 16.3. The Labute approximate surface area is 151 Å². The largest absolute Gasteiger partial charge is 0.480 e. The third-order valence-electron chi connectivity index (χ3n) is 4.72. The van der Waals surface area contributed by atoms with Gasteiger partial charge in [-0.15, -0.1) is 10.2 Å². The van der Waals surface area contributed by atoms with Crippen molar-refractivity contribution in [2.45, 2.75) is 26.2 Å². The van der Waals surface area contributed by atoms with Crippen molar-refractivity contribution < 1.29 is 9.53 Å². The Morgan fingerprint density at radius 1 is 1.15 bits per heavy atom. The van der Waals surface area contributed by atoms with Gasteiger partial charge >= 0.3 is 0 Å². The number of rotatable bonds is 3. The van der Waals surface area contributed by atoms with Gasteiger partial charge in [-0.2, -0.15) is 9.78 Å². The molecular weight excluding hydrogens is 330 g/mol. The van der Waals surface area contributed by atoms with Crippen LogP contribution in [0.3, 0.4) is 0 Å². The smallest absolute Gasteiger partial charge is 0.233 e. The molecule has 3 aromatic rings. The number of amides is 1. The highest BCUT2D eigenvalue weighted by atomic mass is 16.5. The van der Waals surface area contributed by atoms with E-state index in [1.807, 2.05) is 19.1 Å². The van der Waals surface area contributed by atoms with E-state index in [0.717, 1.165) is 22.4 Å². The van der Waals surface area contributed by atoms with E-state index in [4.69, 9.17) is 4.74 Å². The number of methoxy groups -OCH3 is 1. The number of nitrogens with zero attached hydrogens (tertiary/aromatic N) is 4. The van der Waals surface area contributed by atoms with Crippen molar-refractivity contribution in [2.24, 2.45) is 0 Å². The summed E-state index contributed by atoms with van der Waals surface area (Å²) in [6.45, 7) is 4.02. The van der Waals surface area contributed by atoms with E-state index in [-0.39, 0.29) is 11.8 Å². The van der Waals surface area contributed by atoms with E-state index < -0.39 is 0 Å². The third kappa shape index (κ3) is 2.61. The maximum absolute atomic E-state index is 12.4. The molecule has 7 nitrogen and oxygen atoms in total. The molecule has 0 radical (unpaired) electrons. The van der Waals surface area contributed by atoms with Crippen LogP contribution in [0.2, 0.25) is 0 Å². The van der Waals surface area contributed by atoms with Gasteiger partial charge in [0.25, 0.3) is 0 Å². The van der Waals surface area contributed by atoms with Crippen LogP contribution in [0.4, 0.5) is 5.82 Å². The topological polar surface area (TPSA) is 81.9 Å². The molecule has 4 rings (SSSR count). The second-order valence-corrected chi connectivity index (χ2v) is 6.35. The number of anilines is 1. The predicted octanol–water partition coefficient (Wildman–Crippen LogP) is 2.76. The fourth-order valence-corrected chi connectivity index (χ4v) is 3.49. The summed E-state index contributed by atoms with van der Waals surface area (Å²) in [4.78, 5) is 12.4.